The van der Waals surface area contributed by atoms with Crippen LogP contribution in [0.15, 0.2) is 322 Å². The van der Waals surface area contributed by atoms with Crippen molar-refractivity contribution in [1.29, 1.82) is 5.26 Å². The molecule has 0 aliphatic heterocycles. The molecule has 0 amide bonds. The molecule has 0 aliphatic carbocycles. The summed E-state index contributed by atoms with van der Waals surface area (Å²) >= 11 is 36.0. The summed E-state index contributed by atoms with van der Waals surface area (Å²) in [5, 5.41) is 28.7. The molecule has 25 nitrogen and oxygen atoms in total. The lowest BCUT2D eigenvalue weighted by Gasteiger charge is -2.14. The van der Waals surface area contributed by atoms with E-state index in [1.54, 1.807) is 67.8 Å². The zero-order valence-corrected chi connectivity index (χ0v) is 86.8. The molecule has 2 N–H and O–H groups in total. The van der Waals surface area contributed by atoms with Crippen molar-refractivity contribution in [2.24, 2.45) is 0 Å². The Balaban J connectivity index is 0.000000175. The third-order valence-corrected chi connectivity index (χ3v) is 31.6. The van der Waals surface area contributed by atoms with Crippen LogP contribution in [0.1, 0.15) is 77.8 Å². The number of hydrogen-bond acceptors (Lipinski definition) is 25. The van der Waals surface area contributed by atoms with E-state index < -0.39 is 146 Å². The zero-order chi connectivity index (χ0) is 107. The average Bonchev–Trinajstić information content (AvgIpc) is 0.788. The summed E-state index contributed by atoms with van der Waals surface area (Å²) in [6, 6.07) is 75.9. The predicted molar refractivity (Wildman–Crippen MR) is 551 cm³/mol. The van der Waals surface area contributed by atoms with Gasteiger partial charge in [-0.05, 0) is 177 Å². The summed E-state index contributed by atoms with van der Waals surface area (Å²) in [6.45, 7) is 1.56. The first-order chi connectivity index (χ1) is 69.8. The minimum absolute atomic E-state index is 0.00127. The van der Waals surface area contributed by atoms with E-state index in [2.05, 4.69) is 19.2 Å². The van der Waals surface area contributed by atoms with E-state index in [0.717, 1.165) is 84.0 Å². The second-order valence-corrected chi connectivity index (χ2v) is 43.7. The summed E-state index contributed by atoms with van der Waals surface area (Å²) in [7, 11) is -13.2. The molecule has 0 radical (unpaired) electrons. The second-order valence-electron chi connectivity index (χ2n) is 31.5. The highest BCUT2D eigenvalue weighted by molar-refractivity contribution is 7.92. The highest BCUT2D eigenvalue weighted by Gasteiger charge is 2.33. The van der Waals surface area contributed by atoms with E-state index >= 15 is 0 Å². The Morgan fingerprint density at radius 1 is 0.327 bits per heavy atom. The van der Waals surface area contributed by atoms with Gasteiger partial charge in [0, 0.05) is 57.2 Å². The van der Waals surface area contributed by atoms with E-state index in [1.165, 1.54) is 101 Å². The average molecular weight is 2210 g/mol. The van der Waals surface area contributed by atoms with Crippen molar-refractivity contribution in [1.82, 2.24) is 4.98 Å². The number of aromatic nitrogens is 1. The van der Waals surface area contributed by atoms with Crippen LogP contribution in [0, 0.1) is 34.6 Å². The van der Waals surface area contributed by atoms with Crippen LogP contribution in [0.2, 0.25) is 30.1 Å². The first-order valence-corrected chi connectivity index (χ1v) is 53.6. The van der Waals surface area contributed by atoms with Gasteiger partial charge in [-0.2, -0.15) is 5.26 Å². The maximum Gasteiger partial charge on any atom is 0.337 e. The molecular weight excluding hydrogens is 2130 g/mol. The Morgan fingerprint density at radius 2 is 0.626 bits per heavy atom. The first kappa shape index (κ1) is 113. The number of phenolic OH excluding ortho intramolecular Hbond substituents is 2. The van der Waals surface area contributed by atoms with Crippen LogP contribution in [0.3, 0.4) is 0 Å². The number of nitrogens with zero attached hydrogens (tertiary/aromatic N) is 2. The van der Waals surface area contributed by atoms with Crippen LogP contribution in [-0.4, -0.2) is 124 Å². The summed E-state index contributed by atoms with van der Waals surface area (Å²) < 4.78 is 223. The van der Waals surface area contributed by atoms with Gasteiger partial charge in [0.15, 0.2) is 77.9 Å². The number of rotatable bonds is 28. The van der Waals surface area contributed by atoms with Gasteiger partial charge in [-0.25, -0.2) is 74.0 Å². The van der Waals surface area contributed by atoms with E-state index in [0.29, 0.717) is 33.6 Å². The van der Waals surface area contributed by atoms with Gasteiger partial charge in [0.2, 0.25) is 0 Å². The minimum Gasteiger partial charge on any atom is -0.505 e. The fourth-order valence-corrected chi connectivity index (χ4v) is 24.0. The molecule has 14 aromatic carbocycles. The molecule has 0 aliphatic rings. The molecule has 0 unspecified atom stereocenters. The fraction of sp³-hybridized carbons (Fsp3) is 0.121. The molecule has 1 aromatic heterocycles. The second kappa shape index (κ2) is 50.3. The van der Waals surface area contributed by atoms with E-state index in [-0.39, 0.29) is 113 Å². The monoisotopic (exact) mass is 2210 g/mol. The quantitative estimate of drug-likeness (QED) is 0.0199. The van der Waals surface area contributed by atoms with Crippen LogP contribution in [-0.2, 0) is 97.0 Å². The smallest absolute Gasteiger partial charge is 0.337 e. The first-order valence-electron chi connectivity index (χ1n) is 43.0. The van der Waals surface area contributed by atoms with Crippen molar-refractivity contribution in [3.05, 3.63) is 401 Å². The van der Waals surface area contributed by atoms with Crippen LogP contribution in [0.5, 0.6) is 34.5 Å². The number of phenols is 2. The van der Waals surface area contributed by atoms with E-state index in [9.17, 15) is 89.0 Å². The van der Waals surface area contributed by atoms with Crippen molar-refractivity contribution in [2.75, 3.05) is 42.7 Å². The molecule has 1 heterocycles. The van der Waals surface area contributed by atoms with E-state index in [1.807, 2.05) is 133 Å². The largest absolute Gasteiger partial charge is 0.505 e. The van der Waals surface area contributed by atoms with Crippen LogP contribution >= 0.6 is 69.6 Å². The van der Waals surface area contributed by atoms with Gasteiger partial charge in [0.1, 0.15) is 53.5 Å². The fourth-order valence-electron chi connectivity index (χ4n) is 14.4. The molecule has 0 bridgehead atoms. The molecule has 0 spiro atoms. The molecular formula is C107H84Cl6F4N2O23S5. The van der Waals surface area contributed by atoms with Crippen LogP contribution in [0.25, 0.3) is 55.6 Å². The Labute approximate surface area is 874 Å². The summed E-state index contributed by atoms with van der Waals surface area (Å²) in [5.74, 6) is -10.3. The van der Waals surface area contributed by atoms with Gasteiger partial charge >= 0.3 is 23.9 Å². The molecule has 0 saturated heterocycles. The summed E-state index contributed by atoms with van der Waals surface area (Å²) in [5.41, 5.74) is 7.57. The van der Waals surface area contributed by atoms with Gasteiger partial charge in [0.05, 0.1) is 125 Å². The number of benzene rings is 14. The number of aromatic hydroxyl groups is 2. The molecule has 0 saturated carbocycles. The number of hydrogen-bond donors (Lipinski definition) is 2. The number of carbonyl (C=O) groups excluding carboxylic acids is 4. The minimum atomic E-state index is -4.23. The number of ether oxygens (including phenoxy) is 7. The molecule has 0 fully saturated rings. The van der Waals surface area contributed by atoms with Gasteiger partial charge in [-0.15, -0.1) is 0 Å². The Bertz CT molecular complexity index is 8140. The molecule has 15 aromatic rings. The highest BCUT2D eigenvalue weighted by Crippen LogP contribution is 2.44. The SMILES string of the molecule is CCC(=O)Oc1c(Cl)cc(Cl)cc1S(=O)(=O)Cc1cc(-c2ccccc2)ccc1F.COC(=O)c1cc(Cl)c(O)c(S(=O)(=O)Cc2cc(-c3ccccc3)ccc2F)c1.COC(=O)c1cc(Cl)c(O)c(S(=O)(=O)Cc2cc(-c3cccnc3)ccc2OC)c1.COC(=O)c1cc(Cl)c(OC)c(S(=O)(=O)Cc2cc(-c3ccccc3)ccc2F)c1.COc1c(Cl)cc(C#N)cc1S(=O)(=O)Cc1cc(-c2ccccc2)ccc1F. The molecule has 0 atom stereocenters. The maximum absolute atomic E-state index is 14.5. The topological polar surface area (TPSA) is 381 Å². The van der Waals surface area contributed by atoms with Crippen molar-refractivity contribution in [2.45, 2.75) is 66.6 Å². The van der Waals surface area contributed by atoms with Crippen molar-refractivity contribution >= 4 is 143 Å². The van der Waals surface area contributed by atoms with Crippen LogP contribution in [0.4, 0.5) is 17.6 Å². The van der Waals surface area contributed by atoms with Gasteiger partial charge in [-0.1, -0.05) is 234 Å². The number of nitriles is 1. The van der Waals surface area contributed by atoms with Crippen LogP contribution < -0.4 is 18.9 Å². The maximum atomic E-state index is 14.5. The zero-order valence-electron chi connectivity index (χ0n) is 78.2. The number of methoxy groups -OCH3 is 6. The van der Waals surface area contributed by atoms with E-state index in [4.69, 9.17) is 93.8 Å². The lowest BCUT2D eigenvalue weighted by Crippen LogP contribution is -2.13. The Kier molecular flexibility index (Phi) is 38.7. The van der Waals surface area contributed by atoms with Crippen molar-refractivity contribution in [3.8, 4) is 96.2 Å². The number of carbonyl (C=O) groups is 4. The van der Waals surface area contributed by atoms with Gasteiger partial charge < -0.3 is 43.4 Å². The van der Waals surface area contributed by atoms with Gasteiger partial charge in [-0.3, -0.25) is 9.78 Å². The normalized spacial score (nSPS) is 11.2. The number of halogens is 10. The lowest BCUT2D eigenvalue weighted by molar-refractivity contribution is -0.134. The number of sulfone groups is 5. The highest BCUT2D eigenvalue weighted by atomic mass is 35.5. The number of pyridine rings is 1. The Morgan fingerprint density at radius 3 is 0.959 bits per heavy atom. The van der Waals surface area contributed by atoms with Crippen molar-refractivity contribution in [3.63, 3.8) is 0 Å². The Hall–Kier alpha value is -14.2. The third-order valence-electron chi connectivity index (χ3n) is 21.6. The molecule has 760 valence electrons. The number of esters is 4. The molecule has 147 heavy (non-hydrogen) atoms. The lowest BCUT2D eigenvalue weighted by atomic mass is 10.0. The standard InChI is InChI=1S/C22H17Cl2FO4S.C22H18ClFO5S.C21H15ClFNO3S.C21H16ClFO5S.C21H18ClNO6S/c1-2-21(26)29-22-18(24)11-17(23)12-20(22)30(27,28)13-16-10-15(8-9-19(16)25)14-6-4-3-5-7-14;1-28-21-18(23)11-16(22(25)29-2)12-20(21)30(26,27)13-17-10-15(8-9-19(17)24)14-6-4-3-5-7-14;1-27-21-18(22)9-14(12-24)10-20(21)28(25,26)13-17-11-16(7-8-19(17)23)15-5-3-2-4-6-15;1-28-21(25)15-10-17(22)20(24)19(11-15)29(26,27)12-16-9-14(7-8-18(16)23)13-5-3-2-4-6-13;1-28-18-6-5-13(14-4-3-7-23-11-14)8-16(18)12-30(26,27)19-10-15(21(25)29-2)9-17(22)20(19)24/h3-12H,2,13H2,1H3;3-12H,13H2,1-2H3;2-11H,13H2,1H3;2-11,24H,12H2,1H3;3-11,24H,12H2,1-2H3. The third kappa shape index (κ3) is 28.8. The molecule has 15 rings (SSSR count). The molecule has 40 heteroatoms. The summed E-state index contributed by atoms with van der Waals surface area (Å²) in [6.07, 6.45) is 3.32. The van der Waals surface area contributed by atoms with Gasteiger partial charge in [0.25, 0.3) is 0 Å². The predicted octanol–water partition coefficient (Wildman–Crippen LogP) is 24.5. The van der Waals surface area contributed by atoms with Crippen molar-refractivity contribution < 1.29 is 122 Å². The summed E-state index contributed by atoms with van der Waals surface area (Å²) in [4.78, 5) is 49.3.